The lowest BCUT2D eigenvalue weighted by Crippen LogP contribution is -2.42. The van der Waals surface area contributed by atoms with Crippen molar-refractivity contribution in [3.05, 3.63) is 71.8 Å². The van der Waals surface area contributed by atoms with Crippen molar-refractivity contribution in [3.8, 4) is 0 Å². The molecule has 0 aliphatic rings. The van der Waals surface area contributed by atoms with Gasteiger partial charge in [0.2, 0.25) is 0 Å². The second-order valence-corrected chi connectivity index (χ2v) is 6.86. The Morgan fingerprint density at radius 1 is 0.652 bits per heavy atom. The number of halogens is 2. The first-order chi connectivity index (χ1) is 10.7. The zero-order valence-electron chi connectivity index (χ0n) is 14.1. The number of ether oxygens (including phenoxy) is 1. The van der Waals surface area contributed by atoms with Crippen LogP contribution in [0.5, 0.6) is 0 Å². The Kier molecular flexibility index (Phi) is 5.20. The summed E-state index contributed by atoms with van der Waals surface area (Å²) in [7, 11) is 0. The average molecular weight is 318 g/mol. The van der Waals surface area contributed by atoms with Gasteiger partial charge in [0, 0.05) is 0 Å². The van der Waals surface area contributed by atoms with E-state index in [2.05, 4.69) is 0 Å². The van der Waals surface area contributed by atoms with E-state index in [1.54, 1.807) is 76.2 Å². The fourth-order valence-corrected chi connectivity index (χ4v) is 2.83. The van der Waals surface area contributed by atoms with E-state index in [1.165, 1.54) is 0 Å². The van der Waals surface area contributed by atoms with Crippen molar-refractivity contribution in [3.63, 3.8) is 0 Å². The van der Waals surface area contributed by atoms with E-state index < -0.39 is 23.5 Å². The largest absolute Gasteiger partial charge is 0.363 e. The van der Waals surface area contributed by atoms with E-state index in [1.807, 2.05) is 12.1 Å². The zero-order valence-corrected chi connectivity index (χ0v) is 14.1. The van der Waals surface area contributed by atoms with Gasteiger partial charge in [0.05, 0.1) is 11.2 Å². The van der Waals surface area contributed by atoms with Gasteiger partial charge in [-0.3, -0.25) is 0 Å². The highest BCUT2D eigenvalue weighted by atomic mass is 19.1. The molecule has 0 aliphatic carbocycles. The van der Waals surface area contributed by atoms with E-state index in [0.717, 1.165) is 0 Å². The molecule has 0 heterocycles. The summed E-state index contributed by atoms with van der Waals surface area (Å²) in [5, 5.41) is 0. The Balaban J connectivity index is 2.18. The lowest BCUT2D eigenvalue weighted by atomic mass is 9.91. The molecular formula is C20H24F2O. The van der Waals surface area contributed by atoms with Gasteiger partial charge in [-0.1, -0.05) is 60.7 Å². The molecule has 0 spiro atoms. The van der Waals surface area contributed by atoms with E-state index in [9.17, 15) is 8.78 Å². The van der Waals surface area contributed by atoms with Gasteiger partial charge < -0.3 is 4.74 Å². The van der Waals surface area contributed by atoms with Crippen LogP contribution in [-0.4, -0.2) is 11.2 Å². The first-order valence-electron chi connectivity index (χ1n) is 7.82. The molecule has 0 amide bonds. The third kappa shape index (κ3) is 4.17. The average Bonchev–Trinajstić information content (AvgIpc) is 2.54. The first-order valence-corrected chi connectivity index (χ1v) is 7.82. The van der Waals surface area contributed by atoms with Gasteiger partial charge in [-0.15, -0.1) is 0 Å². The van der Waals surface area contributed by atoms with Crippen LogP contribution in [0.4, 0.5) is 8.78 Å². The van der Waals surface area contributed by atoms with E-state index in [-0.39, 0.29) is 0 Å². The van der Waals surface area contributed by atoms with Crippen LogP contribution in [0.1, 0.15) is 51.2 Å². The molecule has 0 bridgehead atoms. The maximum atomic E-state index is 14.9. The SMILES string of the molecule is CC(C)(OC(C)(C)C(F)c1ccccc1)C(F)c1ccccc1. The highest BCUT2D eigenvalue weighted by molar-refractivity contribution is 5.22. The van der Waals surface area contributed by atoms with Crippen molar-refractivity contribution in [2.45, 2.75) is 51.2 Å². The van der Waals surface area contributed by atoms with Gasteiger partial charge in [0.15, 0.2) is 12.3 Å². The molecule has 2 rings (SSSR count). The quantitative estimate of drug-likeness (QED) is 0.636. The molecule has 3 heteroatoms. The summed E-state index contributed by atoms with van der Waals surface area (Å²) in [6.45, 7) is 6.63. The van der Waals surface area contributed by atoms with Crippen LogP contribution in [0.15, 0.2) is 60.7 Å². The summed E-state index contributed by atoms with van der Waals surface area (Å²) in [6, 6.07) is 17.7. The summed E-state index contributed by atoms with van der Waals surface area (Å²) in [6.07, 6.45) is -2.68. The van der Waals surface area contributed by atoms with Crippen molar-refractivity contribution < 1.29 is 13.5 Å². The van der Waals surface area contributed by atoms with Crippen LogP contribution in [0.2, 0.25) is 0 Å². The predicted molar refractivity (Wildman–Crippen MR) is 89.8 cm³/mol. The van der Waals surface area contributed by atoms with Crippen molar-refractivity contribution in [1.29, 1.82) is 0 Å². The molecule has 0 radical (unpaired) electrons. The van der Waals surface area contributed by atoms with Gasteiger partial charge in [-0.2, -0.15) is 0 Å². The van der Waals surface area contributed by atoms with Gasteiger partial charge in [0.1, 0.15) is 0 Å². The van der Waals surface area contributed by atoms with Crippen molar-refractivity contribution >= 4 is 0 Å². The second-order valence-electron chi connectivity index (χ2n) is 6.86. The van der Waals surface area contributed by atoms with Gasteiger partial charge in [-0.05, 0) is 38.8 Å². The minimum absolute atomic E-state index is 0.531. The summed E-state index contributed by atoms with van der Waals surface area (Å²) >= 11 is 0. The Bertz CT molecular complexity index is 553. The third-order valence-electron chi connectivity index (χ3n) is 3.93. The predicted octanol–water partition coefficient (Wildman–Crippen LogP) is 5.98. The van der Waals surface area contributed by atoms with Gasteiger partial charge >= 0.3 is 0 Å². The molecule has 0 aliphatic heterocycles. The van der Waals surface area contributed by atoms with E-state index >= 15 is 0 Å². The highest BCUT2D eigenvalue weighted by Crippen LogP contribution is 2.41. The first kappa shape index (κ1) is 17.6. The molecule has 2 atom stereocenters. The van der Waals surface area contributed by atoms with Crippen LogP contribution < -0.4 is 0 Å². The van der Waals surface area contributed by atoms with E-state index in [4.69, 9.17) is 4.74 Å². The lowest BCUT2D eigenvalue weighted by molar-refractivity contribution is -0.182. The molecule has 0 N–H and O–H groups in total. The van der Waals surface area contributed by atoms with Crippen LogP contribution in [0, 0.1) is 0 Å². The summed E-state index contributed by atoms with van der Waals surface area (Å²) in [4.78, 5) is 0. The normalized spacial score (nSPS) is 15.2. The summed E-state index contributed by atoms with van der Waals surface area (Å²) in [5.41, 5.74) is -1.24. The van der Waals surface area contributed by atoms with Crippen molar-refractivity contribution in [1.82, 2.24) is 0 Å². The zero-order chi connectivity index (χ0) is 17.1. The molecule has 0 fully saturated rings. The van der Waals surface area contributed by atoms with Crippen LogP contribution in [0.3, 0.4) is 0 Å². The second kappa shape index (κ2) is 6.79. The Morgan fingerprint density at radius 3 is 1.26 bits per heavy atom. The molecule has 0 saturated carbocycles. The molecule has 2 unspecified atom stereocenters. The van der Waals surface area contributed by atoms with Crippen LogP contribution in [0.25, 0.3) is 0 Å². The van der Waals surface area contributed by atoms with Gasteiger partial charge in [0.25, 0.3) is 0 Å². The number of hydrogen-bond acceptors (Lipinski definition) is 1. The molecule has 0 aromatic heterocycles. The Morgan fingerprint density at radius 2 is 0.957 bits per heavy atom. The molecule has 0 saturated heterocycles. The highest BCUT2D eigenvalue weighted by Gasteiger charge is 2.41. The maximum absolute atomic E-state index is 14.9. The third-order valence-corrected chi connectivity index (χ3v) is 3.93. The molecule has 2 aromatic carbocycles. The van der Waals surface area contributed by atoms with Crippen molar-refractivity contribution in [2.75, 3.05) is 0 Å². The molecule has 2 aromatic rings. The topological polar surface area (TPSA) is 9.23 Å². The monoisotopic (exact) mass is 318 g/mol. The lowest BCUT2D eigenvalue weighted by Gasteiger charge is -2.40. The number of benzene rings is 2. The molecule has 23 heavy (non-hydrogen) atoms. The minimum atomic E-state index is -1.34. The minimum Gasteiger partial charge on any atom is -0.363 e. The Hall–Kier alpha value is -1.74. The Labute approximate surface area is 137 Å². The molecular weight excluding hydrogens is 294 g/mol. The van der Waals surface area contributed by atoms with Crippen molar-refractivity contribution in [2.24, 2.45) is 0 Å². The smallest absolute Gasteiger partial charge is 0.153 e. The fraction of sp³-hybridized carbons (Fsp3) is 0.400. The number of rotatable bonds is 6. The molecule has 1 nitrogen and oxygen atoms in total. The fourth-order valence-electron chi connectivity index (χ4n) is 2.83. The maximum Gasteiger partial charge on any atom is 0.153 e. The van der Waals surface area contributed by atoms with E-state index in [0.29, 0.717) is 11.1 Å². The van der Waals surface area contributed by atoms with Crippen LogP contribution >= 0.6 is 0 Å². The molecule has 124 valence electrons. The van der Waals surface area contributed by atoms with Crippen LogP contribution in [-0.2, 0) is 4.74 Å². The summed E-state index contributed by atoms with van der Waals surface area (Å²) in [5.74, 6) is 0. The number of alkyl halides is 2. The number of hydrogen-bond donors (Lipinski definition) is 0. The summed E-state index contributed by atoms with van der Waals surface area (Å²) < 4.78 is 35.6. The van der Waals surface area contributed by atoms with Gasteiger partial charge in [-0.25, -0.2) is 8.78 Å². The standard InChI is InChI=1S/C20H24F2O/c1-19(2,17(21)15-11-7-5-8-12-15)23-20(3,4)18(22)16-13-9-6-10-14-16/h5-14,17-18H,1-4H3.